The number of hydrogen-bond acceptors (Lipinski definition) is 9. The van der Waals surface area contributed by atoms with Gasteiger partial charge in [-0.2, -0.15) is 0 Å². The zero-order valence-electron chi connectivity index (χ0n) is 28.2. The van der Waals surface area contributed by atoms with Gasteiger partial charge in [-0.05, 0) is 87.9 Å². The van der Waals surface area contributed by atoms with Crippen LogP contribution in [-0.2, 0) is 16.8 Å². The molecule has 12 nitrogen and oxygen atoms in total. The second-order valence-corrected chi connectivity index (χ2v) is 12.7. The van der Waals surface area contributed by atoms with E-state index in [1.807, 2.05) is 55.2 Å². The first-order valence-corrected chi connectivity index (χ1v) is 16.3. The van der Waals surface area contributed by atoms with E-state index in [0.717, 1.165) is 35.4 Å². The van der Waals surface area contributed by atoms with Gasteiger partial charge >= 0.3 is 5.63 Å². The van der Waals surface area contributed by atoms with Gasteiger partial charge in [0.15, 0.2) is 0 Å². The molecule has 0 fully saturated rings. The molecular weight excluding hydrogens is 626 g/mol. The van der Waals surface area contributed by atoms with Crippen molar-refractivity contribution < 1.29 is 23.7 Å². The van der Waals surface area contributed by atoms with Crippen molar-refractivity contribution in [2.75, 3.05) is 36.0 Å². The van der Waals surface area contributed by atoms with Crippen molar-refractivity contribution in [1.29, 1.82) is 0 Å². The molecule has 6 rings (SSSR count). The summed E-state index contributed by atoms with van der Waals surface area (Å²) < 4.78 is 12.6. The van der Waals surface area contributed by atoms with E-state index in [2.05, 4.69) is 29.4 Å². The van der Waals surface area contributed by atoms with Crippen LogP contribution in [-0.4, -0.2) is 48.6 Å². The molecule has 0 aliphatic carbocycles. The molecule has 0 radical (unpaired) electrons. The number of benzene rings is 3. The molecular formula is C37H39N5O7. The molecule has 0 bridgehead atoms. The van der Waals surface area contributed by atoms with Gasteiger partial charge in [-0.25, -0.2) is 4.79 Å². The number of nitrogens with one attached hydrogen (secondary N) is 2. The van der Waals surface area contributed by atoms with Crippen LogP contribution < -0.4 is 30.8 Å². The number of carbonyl (C=O) groups is 2. The molecule has 2 amide bonds. The fourth-order valence-electron chi connectivity index (χ4n) is 6.82. The highest BCUT2D eigenvalue weighted by molar-refractivity contribution is 5.95. The monoisotopic (exact) mass is 665 g/mol. The summed E-state index contributed by atoms with van der Waals surface area (Å²) in [5.41, 5.74) is 1.95. The number of carbonyl (C=O) groups excluding carboxylic acids is 2. The van der Waals surface area contributed by atoms with Crippen molar-refractivity contribution in [2.24, 2.45) is 0 Å². The van der Waals surface area contributed by atoms with Crippen LogP contribution in [0, 0.1) is 10.1 Å². The maximum Gasteiger partial charge on any atom is 0.343 e. The highest BCUT2D eigenvalue weighted by Crippen LogP contribution is 2.56. The van der Waals surface area contributed by atoms with Gasteiger partial charge < -0.3 is 29.6 Å². The number of nitrogens with zero attached hydrogens (tertiary/aromatic N) is 3. The Bertz CT molecular complexity index is 2070. The first-order valence-electron chi connectivity index (χ1n) is 16.3. The standard InChI is InChI=1S/C37H39N5O7/c1-6-40(7-2)28-10-8-24-18-26(35(45)48-33(24)21-28)14-15-37-36(4,5)30-20-25(34(44)39-17-16-38-23(3)43)9-12-31(30)41(37)22-27-19-29(42(46)47)11-13-32(27)49-37/h8-15,18-21H,6-7,16-17,22H2,1-5H3,(H,38,43)(H,39,44)/b15-14+. The molecule has 49 heavy (non-hydrogen) atoms. The number of fused-ring (bicyclic) bond motifs is 5. The number of hydrogen-bond donors (Lipinski definition) is 2. The minimum Gasteiger partial charge on any atom is -0.463 e. The van der Waals surface area contributed by atoms with Gasteiger partial charge in [0.25, 0.3) is 11.6 Å². The summed E-state index contributed by atoms with van der Waals surface area (Å²) in [5.74, 6) is 0.00900. The molecule has 2 aliphatic rings. The summed E-state index contributed by atoms with van der Waals surface area (Å²) >= 11 is 0. The van der Waals surface area contributed by atoms with Crippen molar-refractivity contribution in [2.45, 2.75) is 52.3 Å². The van der Waals surface area contributed by atoms with E-state index in [4.69, 9.17) is 9.15 Å². The Morgan fingerprint density at radius 1 is 1.02 bits per heavy atom. The Kier molecular flexibility index (Phi) is 8.66. The van der Waals surface area contributed by atoms with E-state index < -0.39 is 21.7 Å². The molecule has 0 saturated carbocycles. The molecule has 0 saturated heterocycles. The van der Waals surface area contributed by atoms with Crippen LogP contribution in [0.25, 0.3) is 17.0 Å². The van der Waals surface area contributed by atoms with Crippen molar-refractivity contribution in [3.05, 3.63) is 110 Å². The maximum absolute atomic E-state index is 13.3. The highest BCUT2D eigenvalue weighted by Gasteiger charge is 2.60. The molecule has 2 N–H and O–H groups in total. The Morgan fingerprint density at radius 2 is 1.78 bits per heavy atom. The van der Waals surface area contributed by atoms with Crippen LogP contribution in [0.1, 0.15) is 61.7 Å². The summed E-state index contributed by atoms with van der Waals surface area (Å²) in [6.45, 7) is 12.1. The minimum absolute atomic E-state index is 0.0479. The van der Waals surface area contributed by atoms with Crippen LogP contribution >= 0.6 is 0 Å². The highest BCUT2D eigenvalue weighted by atomic mass is 16.6. The topological polar surface area (TPSA) is 147 Å². The molecule has 1 unspecified atom stereocenters. The quantitative estimate of drug-likeness (QED) is 0.0968. The molecule has 1 aromatic heterocycles. The van der Waals surface area contributed by atoms with E-state index >= 15 is 0 Å². The van der Waals surface area contributed by atoms with Gasteiger partial charge in [-0.1, -0.05) is 0 Å². The lowest BCUT2D eigenvalue weighted by molar-refractivity contribution is -0.385. The van der Waals surface area contributed by atoms with Crippen LogP contribution in [0.4, 0.5) is 17.1 Å². The predicted octanol–water partition coefficient (Wildman–Crippen LogP) is 5.51. The Morgan fingerprint density at radius 3 is 2.49 bits per heavy atom. The van der Waals surface area contributed by atoms with E-state index in [-0.39, 0.29) is 30.6 Å². The SMILES string of the molecule is CCN(CC)c1ccc2cc(/C=C/C34Oc5ccc([N+](=O)[O-])cc5CN3c3ccc(C(=O)NCCNC(C)=O)cc3C4(C)C)c(=O)oc2c1. The summed E-state index contributed by atoms with van der Waals surface area (Å²) in [5, 5.41) is 17.9. The third-order valence-corrected chi connectivity index (χ3v) is 9.52. The molecule has 3 aromatic carbocycles. The van der Waals surface area contributed by atoms with Gasteiger partial charge in [-0.3, -0.25) is 19.7 Å². The molecule has 254 valence electrons. The Balaban J connectivity index is 1.41. The number of rotatable bonds is 10. The van der Waals surface area contributed by atoms with Crippen LogP contribution in [0.3, 0.4) is 0 Å². The molecule has 3 heterocycles. The van der Waals surface area contributed by atoms with Crippen molar-refractivity contribution in [3.8, 4) is 5.75 Å². The third kappa shape index (κ3) is 5.87. The zero-order valence-corrected chi connectivity index (χ0v) is 28.2. The van der Waals surface area contributed by atoms with E-state index in [1.165, 1.54) is 19.1 Å². The van der Waals surface area contributed by atoms with Crippen LogP contribution in [0.2, 0.25) is 0 Å². The van der Waals surface area contributed by atoms with Gasteiger partial charge in [-0.15, -0.1) is 0 Å². The first-order chi connectivity index (χ1) is 23.4. The molecule has 2 aliphatic heterocycles. The number of ether oxygens (including phenoxy) is 1. The zero-order chi connectivity index (χ0) is 35.1. The number of non-ortho nitro benzene ring substituents is 1. The summed E-state index contributed by atoms with van der Waals surface area (Å²) in [6.07, 6.45) is 3.54. The molecule has 1 atom stereocenters. The first kappa shape index (κ1) is 33.3. The lowest BCUT2D eigenvalue weighted by Gasteiger charge is -2.48. The summed E-state index contributed by atoms with van der Waals surface area (Å²) in [7, 11) is 0. The normalized spacial score (nSPS) is 17.2. The van der Waals surface area contributed by atoms with Crippen molar-refractivity contribution in [3.63, 3.8) is 0 Å². The smallest absolute Gasteiger partial charge is 0.343 e. The average molecular weight is 666 g/mol. The number of nitro groups is 1. The summed E-state index contributed by atoms with van der Waals surface area (Å²) in [6, 6.07) is 17.5. The van der Waals surface area contributed by atoms with E-state index in [1.54, 1.807) is 24.3 Å². The number of nitro benzene ring substituents is 1. The molecule has 12 heteroatoms. The minimum atomic E-state index is -1.19. The maximum atomic E-state index is 13.3. The number of amides is 2. The van der Waals surface area contributed by atoms with Gasteiger partial charge in [0.1, 0.15) is 11.3 Å². The lowest BCUT2D eigenvalue weighted by Crippen LogP contribution is -2.60. The van der Waals surface area contributed by atoms with Gasteiger partial charge in [0, 0.05) is 79.2 Å². The average Bonchev–Trinajstić information content (AvgIpc) is 3.26. The second-order valence-electron chi connectivity index (χ2n) is 12.7. The van der Waals surface area contributed by atoms with Crippen LogP contribution in [0.15, 0.2) is 76.0 Å². The Labute approximate surface area is 283 Å². The van der Waals surface area contributed by atoms with Gasteiger partial charge in [0.05, 0.1) is 22.4 Å². The van der Waals surface area contributed by atoms with E-state index in [9.17, 15) is 24.5 Å². The molecule has 4 aromatic rings. The van der Waals surface area contributed by atoms with Crippen LogP contribution in [0.5, 0.6) is 5.75 Å². The number of anilines is 2. The molecule has 0 spiro atoms. The Hall–Kier alpha value is -5.65. The second kappa shape index (κ2) is 12.8. The fraction of sp³-hybridized carbons (Fsp3) is 0.324. The van der Waals surface area contributed by atoms with Crippen molar-refractivity contribution in [1.82, 2.24) is 10.6 Å². The summed E-state index contributed by atoms with van der Waals surface area (Å²) in [4.78, 5) is 53.1. The van der Waals surface area contributed by atoms with Gasteiger partial charge in [0.2, 0.25) is 11.6 Å². The predicted molar refractivity (Wildman–Crippen MR) is 188 cm³/mol. The van der Waals surface area contributed by atoms with Crippen molar-refractivity contribution >= 4 is 45.9 Å². The third-order valence-electron chi connectivity index (χ3n) is 9.52. The fourth-order valence-corrected chi connectivity index (χ4v) is 6.82. The lowest BCUT2D eigenvalue weighted by atomic mass is 9.76. The van der Waals surface area contributed by atoms with E-state index in [0.29, 0.717) is 34.6 Å². The largest absolute Gasteiger partial charge is 0.463 e.